The third-order valence-electron chi connectivity index (χ3n) is 6.43. The molecule has 1 amide bonds. The van der Waals surface area contributed by atoms with Gasteiger partial charge in [0.05, 0.1) is 0 Å². The summed E-state index contributed by atoms with van der Waals surface area (Å²) in [5.41, 5.74) is 6.78. The molecule has 27 heavy (non-hydrogen) atoms. The first-order valence-corrected chi connectivity index (χ1v) is 9.99. The summed E-state index contributed by atoms with van der Waals surface area (Å²) >= 11 is 0. The maximum Gasteiger partial charge on any atom is 0.237 e. The molecule has 0 aromatic heterocycles. The monoisotopic (exact) mass is 380 g/mol. The summed E-state index contributed by atoms with van der Waals surface area (Å²) in [6.45, 7) is 3.75. The summed E-state index contributed by atoms with van der Waals surface area (Å²) in [7, 11) is 0. The molecule has 1 aliphatic carbocycles. The predicted octanol–water partition coefficient (Wildman–Crippen LogP) is 3.56. The van der Waals surface area contributed by atoms with Crippen molar-refractivity contribution in [2.75, 3.05) is 19.8 Å². The number of rotatable bonds is 6. The lowest BCUT2D eigenvalue weighted by Gasteiger charge is -2.36. The van der Waals surface area contributed by atoms with Crippen molar-refractivity contribution >= 4 is 5.91 Å². The Bertz CT molecular complexity index is 666. The fraction of sp³-hybridized carbons (Fsp3) is 0.667. The van der Waals surface area contributed by atoms with E-state index in [0.717, 1.165) is 49.8 Å². The SMILES string of the molecule is Cc1cc(F)c(F)cc1[C@H]1CC[C@H](CCNC2(C(N)=O)CCOCC2)CC1. The van der Waals surface area contributed by atoms with Crippen molar-refractivity contribution in [2.45, 2.75) is 63.3 Å². The van der Waals surface area contributed by atoms with E-state index in [2.05, 4.69) is 5.32 Å². The van der Waals surface area contributed by atoms with Crippen LogP contribution in [-0.2, 0) is 9.53 Å². The minimum absolute atomic E-state index is 0.289. The van der Waals surface area contributed by atoms with Crippen molar-refractivity contribution in [3.8, 4) is 0 Å². The molecule has 1 aromatic carbocycles. The lowest BCUT2D eigenvalue weighted by Crippen LogP contribution is -2.58. The third-order valence-corrected chi connectivity index (χ3v) is 6.43. The molecule has 0 atom stereocenters. The zero-order chi connectivity index (χ0) is 19.4. The first-order valence-electron chi connectivity index (χ1n) is 9.99. The van der Waals surface area contributed by atoms with Crippen LogP contribution in [0, 0.1) is 24.5 Å². The van der Waals surface area contributed by atoms with Crippen LogP contribution in [0.25, 0.3) is 0 Å². The summed E-state index contributed by atoms with van der Waals surface area (Å²) in [5.74, 6) is -0.924. The predicted molar refractivity (Wildman–Crippen MR) is 100 cm³/mol. The second kappa shape index (κ2) is 8.65. The number of halogens is 2. The first kappa shape index (κ1) is 20.2. The number of primary amides is 1. The fourth-order valence-corrected chi connectivity index (χ4v) is 4.61. The Labute approximate surface area is 159 Å². The van der Waals surface area contributed by atoms with Crippen LogP contribution in [0.5, 0.6) is 0 Å². The van der Waals surface area contributed by atoms with Gasteiger partial charge in [0.15, 0.2) is 11.6 Å². The first-order chi connectivity index (χ1) is 12.9. The standard InChI is InChI=1S/C21H30F2N2O2/c1-14-12-18(22)19(23)13-17(14)16-4-2-15(3-5-16)6-9-25-21(20(24)26)7-10-27-11-8-21/h12-13,15-16,25H,2-11H2,1H3,(H2,24,26)/t15-,16-. The van der Waals surface area contributed by atoms with Crippen molar-refractivity contribution in [1.29, 1.82) is 0 Å². The smallest absolute Gasteiger partial charge is 0.237 e. The average molecular weight is 380 g/mol. The molecule has 2 fully saturated rings. The molecule has 0 unspecified atom stereocenters. The number of ether oxygens (including phenoxy) is 1. The van der Waals surface area contributed by atoms with Gasteiger partial charge in [-0.05, 0) is 93.5 Å². The van der Waals surface area contributed by atoms with Gasteiger partial charge in [-0.2, -0.15) is 0 Å². The molecule has 150 valence electrons. The number of carbonyl (C=O) groups is 1. The molecule has 1 saturated heterocycles. The molecular formula is C21H30F2N2O2. The quantitative estimate of drug-likeness (QED) is 0.793. The highest BCUT2D eigenvalue weighted by molar-refractivity contribution is 5.84. The van der Waals surface area contributed by atoms with E-state index in [9.17, 15) is 13.6 Å². The van der Waals surface area contributed by atoms with E-state index in [1.54, 1.807) is 0 Å². The van der Waals surface area contributed by atoms with Gasteiger partial charge in [-0.3, -0.25) is 4.79 Å². The maximum absolute atomic E-state index is 13.6. The molecule has 1 aromatic rings. The molecule has 2 aliphatic rings. The van der Waals surface area contributed by atoms with E-state index in [1.807, 2.05) is 6.92 Å². The highest BCUT2D eigenvalue weighted by Gasteiger charge is 2.38. The van der Waals surface area contributed by atoms with Crippen LogP contribution in [0.3, 0.4) is 0 Å². The van der Waals surface area contributed by atoms with Crippen molar-refractivity contribution in [1.82, 2.24) is 5.32 Å². The largest absolute Gasteiger partial charge is 0.381 e. The Morgan fingerprint density at radius 3 is 2.44 bits per heavy atom. The summed E-state index contributed by atoms with van der Waals surface area (Å²) in [6, 6.07) is 2.68. The summed E-state index contributed by atoms with van der Waals surface area (Å²) in [6.07, 6.45) is 6.38. The van der Waals surface area contributed by atoms with Gasteiger partial charge in [0, 0.05) is 13.2 Å². The Morgan fingerprint density at radius 1 is 1.19 bits per heavy atom. The Morgan fingerprint density at radius 2 is 1.81 bits per heavy atom. The van der Waals surface area contributed by atoms with E-state index in [4.69, 9.17) is 10.5 Å². The molecule has 0 bridgehead atoms. The van der Waals surface area contributed by atoms with Crippen LogP contribution in [0.4, 0.5) is 8.78 Å². The van der Waals surface area contributed by atoms with Crippen molar-refractivity contribution < 1.29 is 18.3 Å². The Hall–Kier alpha value is -1.53. The molecular weight excluding hydrogens is 350 g/mol. The van der Waals surface area contributed by atoms with Crippen LogP contribution in [0.15, 0.2) is 12.1 Å². The minimum Gasteiger partial charge on any atom is -0.381 e. The van der Waals surface area contributed by atoms with E-state index in [0.29, 0.717) is 37.9 Å². The van der Waals surface area contributed by atoms with Crippen molar-refractivity contribution in [3.05, 3.63) is 34.9 Å². The molecule has 1 saturated carbocycles. The maximum atomic E-state index is 13.6. The van der Waals surface area contributed by atoms with Crippen molar-refractivity contribution in [2.24, 2.45) is 11.7 Å². The second-order valence-electron chi connectivity index (χ2n) is 8.11. The van der Waals surface area contributed by atoms with E-state index in [-0.39, 0.29) is 5.91 Å². The normalized spacial score (nSPS) is 25.3. The number of amides is 1. The Kier molecular flexibility index (Phi) is 6.48. The Balaban J connectivity index is 1.48. The number of hydrogen-bond acceptors (Lipinski definition) is 3. The van der Waals surface area contributed by atoms with Gasteiger partial charge in [-0.25, -0.2) is 8.78 Å². The summed E-state index contributed by atoms with van der Waals surface area (Å²) in [4.78, 5) is 11.9. The van der Waals surface area contributed by atoms with Gasteiger partial charge in [-0.15, -0.1) is 0 Å². The average Bonchev–Trinajstić information content (AvgIpc) is 2.66. The van der Waals surface area contributed by atoms with Crippen molar-refractivity contribution in [3.63, 3.8) is 0 Å². The van der Waals surface area contributed by atoms with Crippen LogP contribution < -0.4 is 11.1 Å². The molecule has 1 aliphatic heterocycles. The van der Waals surface area contributed by atoms with Crippen LogP contribution >= 0.6 is 0 Å². The minimum atomic E-state index is -0.771. The molecule has 0 spiro atoms. The number of aryl methyl sites for hydroxylation is 1. The second-order valence-corrected chi connectivity index (χ2v) is 8.11. The van der Waals surface area contributed by atoms with E-state index in [1.165, 1.54) is 12.1 Å². The topological polar surface area (TPSA) is 64.3 Å². The molecule has 3 rings (SSSR count). The van der Waals surface area contributed by atoms with Gasteiger partial charge < -0.3 is 15.8 Å². The van der Waals surface area contributed by atoms with Crippen LogP contribution in [0.1, 0.15) is 62.0 Å². The van der Waals surface area contributed by atoms with Gasteiger partial charge in [0.25, 0.3) is 0 Å². The van der Waals surface area contributed by atoms with Gasteiger partial charge in [-0.1, -0.05) is 0 Å². The highest BCUT2D eigenvalue weighted by atomic mass is 19.2. The number of hydrogen-bond donors (Lipinski definition) is 2. The number of nitrogens with two attached hydrogens (primary N) is 1. The zero-order valence-electron chi connectivity index (χ0n) is 16.0. The van der Waals surface area contributed by atoms with Gasteiger partial charge in [0.1, 0.15) is 5.54 Å². The molecule has 1 heterocycles. The van der Waals surface area contributed by atoms with Crippen LogP contribution in [0.2, 0.25) is 0 Å². The molecule has 6 heteroatoms. The number of nitrogens with one attached hydrogen (secondary N) is 1. The van der Waals surface area contributed by atoms with E-state index < -0.39 is 17.2 Å². The van der Waals surface area contributed by atoms with Gasteiger partial charge >= 0.3 is 0 Å². The number of benzene rings is 1. The lowest BCUT2D eigenvalue weighted by atomic mass is 9.76. The number of carbonyl (C=O) groups excluding carboxylic acids is 1. The van der Waals surface area contributed by atoms with Crippen LogP contribution in [-0.4, -0.2) is 31.2 Å². The molecule has 3 N–H and O–H groups in total. The highest BCUT2D eigenvalue weighted by Crippen LogP contribution is 2.38. The fourth-order valence-electron chi connectivity index (χ4n) is 4.61. The zero-order valence-corrected chi connectivity index (χ0v) is 16.0. The molecule has 4 nitrogen and oxygen atoms in total. The lowest BCUT2D eigenvalue weighted by molar-refractivity contribution is -0.128. The molecule has 0 radical (unpaired) electrons. The third kappa shape index (κ3) is 4.66. The van der Waals surface area contributed by atoms with E-state index >= 15 is 0 Å². The summed E-state index contributed by atoms with van der Waals surface area (Å²) < 4.78 is 32.3. The summed E-state index contributed by atoms with van der Waals surface area (Å²) in [5, 5.41) is 3.40. The van der Waals surface area contributed by atoms with Gasteiger partial charge in [0.2, 0.25) is 5.91 Å².